The van der Waals surface area contributed by atoms with E-state index in [-0.39, 0.29) is 11.6 Å². The number of rotatable bonds is 2. The third-order valence-electron chi connectivity index (χ3n) is 3.33. The third-order valence-corrected chi connectivity index (χ3v) is 3.65. The van der Waals surface area contributed by atoms with E-state index in [4.69, 9.17) is 11.6 Å². The summed E-state index contributed by atoms with van der Waals surface area (Å²) in [6.45, 7) is 2.46. The number of likely N-dealkylation sites (tertiary alicyclic amines) is 1. The Hall–Kier alpha value is -1.92. The normalized spacial score (nSPS) is 15.2. The Bertz CT molecular complexity index is 664. The summed E-state index contributed by atoms with van der Waals surface area (Å²) in [6, 6.07) is 7.23. The molecule has 7 heteroatoms. The molecule has 104 valence electrons. The predicted octanol–water partition coefficient (Wildman–Crippen LogP) is 1.05. The molecule has 0 aliphatic carbocycles. The van der Waals surface area contributed by atoms with Gasteiger partial charge in [0, 0.05) is 13.1 Å². The van der Waals surface area contributed by atoms with E-state index < -0.39 is 6.10 Å². The number of amides is 1. The van der Waals surface area contributed by atoms with Gasteiger partial charge in [-0.2, -0.15) is 0 Å². The van der Waals surface area contributed by atoms with Crippen molar-refractivity contribution in [1.82, 2.24) is 19.9 Å². The minimum absolute atomic E-state index is 0.217. The summed E-state index contributed by atoms with van der Waals surface area (Å²) in [5.74, 6) is -0.217. The van der Waals surface area contributed by atoms with Gasteiger partial charge < -0.3 is 10.0 Å². The lowest BCUT2D eigenvalue weighted by molar-refractivity contribution is 0.00544. The molecule has 3 rings (SSSR count). The molecule has 1 amide bonds. The van der Waals surface area contributed by atoms with Crippen LogP contribution in [-0.2, 0) is 0 Å². The lowest BCUT2D eigenvalue weighted by Crippen LogP contribution is -2.53. The lowest BCUT2D eigenvalue weighted by atomic mass is 10.1. The zero-order valence-corrected chi connectivity index (χ0v) is 11.6. The Morgan fingerprint density at radius 2 is 2.10 bits per heavy atom. The van der Waals surface area contributed by atoms with Gasteiger partial charge >= 0.3 is 0 Å². The van der Waals surface area contributed by atoms with Crippen molar-refractivity contribution >= 4 is 17.5 Å². The van der Waals surface area contributed by atoms with Gasteiger partial charge in [-0.15, -0.1) is 5.10 Å². The van der Waals surface area contributed by atoms with Crippen molar-refractivity contribution in [2.24, 2.45) is 0 Å². The third kappa shape index (κ3) is 2.07. The van der Waals surface area contributed by atoms with Crippen molar-refractivity contribution in [3.8, 4) is 5.69 Å². The van der Waals surface area contributed by atoms with E-state index in [0.717, 1.165) is 0 Å². The van der Waals surface area contributed by atoms with Crippen LogP contribution in [0.1, 0.15) is 16.2 Å². The molecule has 2 aromatic rings. The molecule has 2 heterocycles. The molecule has 0 atom stereocenters. The molecule has 1 fully saturated rings. The molecule has 6 nitrogen and oxygen atoms in total. The van der Waals surface area contributed by atoms with Gasteiger partial charge in [0.25, 0.3) is 5.91 Å². The van der Waals surface area contributed by atoms with Crippen molar-refractivity contribution in [2.45, 2.75) is 13.0 Å². The average Bonchev–Trinajstić information content (AvgIpc) is 2.77. The molecule has 0 saturated carbocycles. The van der Waals surface area contributed by atoms with Crippen molar-refractivity contribution in [2.75, 3.05) is 13.1 Å². The Morgan fingerprint density at radius 3 is 2.75 bits per heavy atom. The van der Waals surface area contributed by atoms with Gasteiger partial charge in [0.05, 0.1) is 22.5 Å². The molecular formula is C13H13ClN4O2. The van der Waals surface area contributed by atoms with E-state index in [1.165, 1.54) is 0 Å². The van der Waals surface area contributed by atoms with Gasteiger partial charge in [-0.1, -0.05) is 28.9 Å². The summed E-state index contributed by atoms with van der Waals surface area (Å²) in [5.41, 5.74) is 1.60. The smallest absolute Gasteiger partial charge is 0.276 e. The summed E-state index contributed by atoms with van der Waals surface area (Å²) < 4.78 is 1.55. The number of aliphatic hydroxyl groups excluding tert-OH is 1. The van der Waals surface area contributed by atoms with Crippen LogP contribution in [-0.4, -0.2) is 50.1 Å². The van der Waals surface area contributed by atoms with Gasteiger partial charge in [0.2, 0.25) is 0 Å². The highest BCUT2D eigenvalue weighted by Crippen LogP contribution is 2.22. The van der Waals surface area contributed by atoms with E-state index >= 15 is 0 Å². The Balaban J connectivity index is 1.93. The maximum Gasteiger partial charge on any atom is 0.276 e. The molecule has 1 aliphatic rings. The molecule has 20 heavy (non-hydrogen) atoms. The largest absolute Gasteiger partial charge is 0.389 e. The van der Waals surface area contributed by atoms with E-state index in [1.54, 1.807) is 22.6 Å². The van der Waals surface area contributed by atoms with Gasteiger partial charge in [-0.25, -0.2) is 4.68 Å². The van der Waals surface area contributed by atoms with Crippen LogP contribution in [0, 0.1) is 6.92 Å². The number of β-amino-alcohol motifs (C(OH)–C–C–N with tert-alkyl or cyclic N) is 1. The van der Waals surface area contributed by atoms with Crippen molar-refractivity contribution in [3.05, 3.63) is 40.7 Å². The highest BCUT2D eigenvalue weighted by Gasteiger charge is 2.32. The Labute approximate surface area is 120 Å². The standard InChI is InChI=1S/C13H13ClN4O2/c1-8-12(13(20)17-6-9(19)7-17)15-16-18(8)11-5-3-2-4-10(11)14/h2-5,9,19H,6-7H2,1H3. The van der Waals surface area contributed by atoms with Gasteiger partial charge in [-0.05, 0) is 19.1 Å². The van der Waals surface area contributed by atoms with Crippen LogP contribution in [0.4, 0.5) is 0 Å². The van der Waals surface area contributed by atoms with Crippen molar-refractivity contribution < 1.29 is 9.90 Å². The van der Waals surface area contributed by atoms with Crippen LogP contribution in [0.3, 0.4) is 0 Å². The molecule has 0 radical (unpaired) electrons. The maximum atomic E-state index is 12.2. The summed E-state index contributed by atoms with van der Waals surface area (Å²) in [6.07, 6.45) is -0.433. The first-order chi connectivity index (χ1) is 9.58. The minimum atomic E-state index is -0.433. The minimum Gasteiger partial charge on any atom is -0.389 e. The van der Waals surface area contributed by atoms with Gasteiger partial charge in [0.15, 0.2) is 5.69 Å². The van der Waals surface area contributed by atoms with Gasteiger partial charge in [0.1, 0.15) is 0 Å². The zero-order chi connectivity index (χ0) is 14.3. The fourth-order valence-corrected chi connectivity index (χ4v) is 2.37. The molecule has 0 bridgehead atoms. The number of hydrogen-bond donors (Lipinski definition) is 1. The second-order valence-corrected chi connectivity index (χ2v) is 5.16. The molecule has 1 N–H and O–H groups in total. The summed E-state index contributed by atoms with van der Waals surface area (Å²) in [4.78, 5) is 13.7. The number of aromatic nitrogens is 3. The Kier molecular flexibility index (Phi) is 3.19. The average molecular weight is 293 g/mol. The number of nitrogens with zero attached hydrogens (tertiary/aromatic N) is 4. The fourth-order valence-electron chi connectivity index (χ4n) is 2.15. The second-order valence-electron chi connectivity index (χ2n) is 4.75. The monoisotopic (exact) mass is 292 g/mol. The van der Waals surface area contributed by atoms with Crippen molar-refractivity contribution in [3.63, 3.8) is 0 Å². The Morgan fingerprint density at radius 1 is 1.40 bits per heavy atom. The number of hydrogen-bond acceptors (Lipinski definition) is 4. The number of benzene rings is 1. The first-order valence-corrected chi connectivity index (χ1v) is 6.60. The van der Waals surface area contributed by atoms with Crippen LogP contribution >= 0.6 is 11.6 Å². The van der Waals surface area contributed by atoms with Crippen LogP contribution in [0.25, 0.3) is 5.69 Å². The number of aliphatic hydroxyl groups is 1. The molecule has 1 saturated heterocycles. The molecule has 1 aromatic carbocycles. The first kappa shape index (κ1) is 13.1. The quantitative estimate of drug-likeness (QED) is 0.898. The van der Waals surface area contributed by atoms with Crippen LogP contribution in [0.15, 0.2) is 24.3 Å². The number of halogens is 1. The van der Waals surface area contributed by atoms with E-state index in [2.05, 4.69) is 10.3 Å². The SMILES string of the molecule is Cc1c(C(=O)N2CC(O)C2)nnn1-c1ccccc1Cl. The van der Waals surface area contributed by atoms with Gasteiger partial charge in [-0.3, -0.25) is 4.79 Å². The summed E-state index contributed by atoms with van der Waals surface area (Å²) in [5, 5.41) is 17.7. The first-order valence-electron chi connectivity index (χ1n) is 6.22. The van der Waals surface area contributed by atoms with E-state index in [0.29, 0.717) is 29.5 Å². The number of carbonyl (C=O) groups excluding carboxylic acids is 1. The maximum absolute atomic E-state index is 12.2. The highest BCUT2D eigenvalue weighted by atomic mass is 35.5. The zero-order valence-electron chi connectivity index (χ0n) is 10.8. The topological polar surface area (TPSA) is 71.2 Å². The van der Waals surface area contributed by atoms with E-state index in [9.17, 15) is 9.90 Å². The molecule has 1 aromatic heterocycles. The molecule has 1 aliphatic heterocycles. The highest BCUT2D eigenvalue weighted by molar-refractivity contribution is 6.32. The lowest BCUT2D eigenvalue weighted by Gasteiger charge is -2.35. The van der Waals surface area contributed by atoms with Crippen LogP contribution in [0.5, 0.6) is 0 Å². The summed E-state index contributed by atoms with van der Waals surface area (Å²) >= 11 is 6.12. The molecule has 0 unspecified atom stereocenters. The predicted molar refractivity (Wildman–Crippen MR) is 73.0 cm³/mol. The number of carbonyl (C=O) groups is 1. The number of para-hydroxylation sites is 1. The van der Waals surface area contributed by atoms with Crippen molar-refractivity contribution in [1.29, 1.82) is 0 Å². The van der Waals surface area contributed by atoms with Crippen LogP contribution in [0.2, 0.25) is 5.02 Å². The molecular weight excluding hydrogens is 280 g/mol. The fraction of sp³-hybridized carbons (Fsp3) is 0.308. The molecule has 0 spiro atoms. The van der Waals surface area contributed by atoms with Crippen LogP contribution < -0.4 is 0 Å². The second kappa shape index (κ2) is 4.88. The van der Waals surface area contributed by atoms with E-state index in [1.807, 2.05) is 18.2 Å². The summed E-state index contributed by atoms with van der Waals surface area (Å²) in [7, 11) is 0.